The quantitative estimate of drug-likeness (QED) is 0.0498. The van der Waals surface area contributed by atoms with E-state index in [2.05, 4.69) is 33.7 Å². The van der Waals surface area contributed by atoms with E-state index < -0.39 is 0 Å². The number of hydrogen-bond acceptors (Lipinski definition) is 0. The Morgan fingerprint density at radius 1 is 0.389 bits per heavy atom. The van der Waals surface area contributed by atoms with Crippen molar-refractivity contribution < 1.29 is 4.48 Å². The lowest BCUT2D eigenvalue weighted by molar-refractivity contribution is -0.890. The third-order valence-corrected chi connectivity index (χ3v) is 8.29. The maximum atomic E-state index is 3.81. The van der Waals surface area contributed by atoms with Gasteiger partial charge < -0.3 is 4.48 Å². The van der Waals surface area contributed by atoms with E-state index in [-0.39, 0.29) is 0 Å². The fourth-order valence-corrected chi connectivity index (χ4v) is 5.62. The summed E-state index contributed by atoms with van der Waals surface area (Å²) in [6.45, 7) is 8.87. The maximum absolute atomic E-state index is 3.81. The molecule has 0 bridgehead atoms. The molecular formula is C35H72N+. The van der Waals surface area contributed by atoms with Crippen molar-refractivity contribution in [2.45, 2.75) is 187 Å². The molecule has 0 heterocycles. The van der Waals surface area contributed by atoms with Crippen molar-refractivity contribution in [2.24, 2.45) is 0 Å². The first kappa shape index (κ1) is 35.7. The molecule has 0 radical (unpaired) electrons. The third kappa shape index (κ3) is 29.9. The summed E-state index contributed by atoms with van der Waals surface area (Å²) >= 11 is 0. The summed E-state index contributed by atoms with van der Waals surface area (Å²) in [7, 11) is 4.92. The van der Waals surface area contributed by atoms with Crippen molar-refractivity contribution in [3.8, 4) is 0 Å². The van der Waals surface area contributed by atoms with Gasteiger partial charge in [-0.3, -0.25) is 0 Å². The summed E-state index contributed by atoms with van der Waals surface area (Å²) in [6, 6.07) is 0. The second-order valence-corrected chi connectivity index (χ2v) is 12.7. The number of nitrogens with zero attached hydrogens (tertiary/aromatic N) is 1. The molecule has 36 heavy (non-hydrogen) atoms. The van der Waals surface area contributed by atoms with Crippen molar-refractivity contribution in [3.05, 3.63) is 12.7 Å². The predicted molar refractivity (Wildman–Crippen MR) is 167 cm³/mol. The van der Waals surface area contributed by atoms with Gasteiger partial charge in [-0.05, 0) is 38.5 Å². The monoisotopic (exact) mass is 507 g/mol. The summed E-state index contributed by atoms with van der Waals surface area (Å²) < 4.78 is 1.24. The fourth-order valence-electron chi connectivity index (χ4n) is 5.62. The predicted octanol–water partition coefficient (Wildman–Crippen LogP) is 12.2. The Hall–Kier alpha value is -0.300. The molecule has 0 aliphatic heterocycles. The van der Waals surface area contributed by atoms with Crippen LogP contribution in [0.3, 0.4) is 0 Å². The summed E-state index contributed by atoms with van der Waals surface area (Å²) in [6.07, 6.45) is 42.5. The molecule has 0 aliphatic rings. The molecule has 0 saturated carbocycles. The first-order valence-corrected chi connectivity index (χ1v) is 17.1. The van der Waals surface area contributed by atoms with Crippen LogP contribution in [0.1, 0.15) is 187 Å². The molecule has 0 N–H and O–H groups in total. The van der Waals surface area contributed by atoms with Crippen molar-refractivity contribution in [2.75, 3.05) is 27.2 Å². The van der Waals surface area contributed by atoms with Crippen LogP contribution in [-0.4, -0.2) is 31.7 Å². The van der Waals surface area contributed by atoms with Gasteiger partial charge >= 0.3 is 0 Å². The van der Waals surface area contributed by atoms with Gasteiger partial charge in [-0.25, -0.2) is 0 Å². The highest BCUT2D eigenvalue weighted by Gasteiger charge is 2.13. The van der Waals surface area contributed by atoms with Gasteiger partial charge in [0.1, 0.15) is 0 Å². The molecule has 0 spiro atoms. The number of hydrogen-bond donors (Lipinski definition) is 0. The van der Waals surface area contributed by atoms with Crippen molar-refractivity contribution in [1.29, 1.82) is 0 Å². The molecule has 0 aromatic heterocycles. The third-order valence-electron chi connectivity index (χ3n) is 8.29. The first-order chi connectivity index (χ1) is 17.6. The normalized spacial score (nSPS) is 11.9. The molecule has 0 rings (SSSR count). The minimum atomic E-state index is 1.20. The Kier molecular flexibility index (Phi) is 29.0. The van der Waals surface area contributed by atoms with E-state index in [1.54, 1.807) is 0 Å². The smallest absolute Gasteiger partial charge is 0.0782 e. The minimum absolute atomic E-state index is 1.20. The van der Waals surface area contributed by atoms with E-state index in [9.17, 15) is 0 Å². The van der Waals surface area contributed by atoms with Crippen molar-refractivity contribution >= 4 is 0 Å². The standard InChI is InChI=1S/C35H72N/c1-5-7-9-11-13-15-17-19-20-21-23-25-27-29-31-33-35-36(3,4)34-32-30-28-26-24-22-18-16-14-12-10-8-6-2/h6H,2,5,7-35H2,1,3-4H3/q+1. The van der Waals surface area contributed by atoms with Crippen LogP contribution in [-0.2, 0) is 0 Å². The Labute approximate surface area is 230 Å². The SMILES string of the molecule is C=CCCCCCCCCCCCCC[N+](C)(C)CCCCCCCCCCCCCCCCCC. The van der Waals surface area contributed by atoms with Crippen LogP contribution >= 0.6 is 0 Å². The van der Waals surface area contributed by atoms with Crippen LogP contribution in [0.2, 0.25) is 0 Å². The van der Waals surface area contributed by atoms with Crippen LogP contribution in [0.4, 0.5) is 0 Å². The number of unbranched alkanes of at least 4 members (excludes halogenated alkanes) is 26. The van der Waals surface area contributed by atoms with Crippen LogP contribution in [0.15, 0.2) is 12.7 Å². The van der Waals surface area contributed by atoms with Crippen LogP contribution in [0.5, 0.6) is 0 Å². The highest BCUT2D eigenvalue weighted by atomic mass is 15.3. The van der Waals surface area contributed by atoms with Gasteiger partial charge in [-0.15, -0.1) is 6.58 Å². The lowest BCUT2D eigenvalue weighted by Gasteiger charge is -2.30. The average molecular weight is 507 g/mol. The second-order valence-electron chi connectivity index (χ2n) is 12.7. The topological polar surface area (TPSA) is 0 Å². The van der Waals surface area contributed by atoms with Crippen molar-refractivity contribution in [1.82, 2.24) is 0 Å². The van der Waals surface area contributed by atoms with E-state index in [0.717, 1.165) is 0 Å². The lowest BCUT2D eigenvalue weighted by atomic mass is 10.0. The summed E-state index contributed by atoms with van der Waals surface area (Å²) in [5.74, 6) is 0. The molecule has 0 aromatic carbocycles. The van der Waals surface area contributed by atoms with E-state index in [0.29, 0.717) is 0 Å². The zero-order chi connectivity index (χ0) is 26.4. The van der Waals surface area contributed by atoms with Gasteiger partial charge in [0.25, 0.3) is 0 Å². The molecule has 0 aromatic rings. The first-order valence-electron chi connectivity index (χ1n) is 17.1. The Bertz CT molecular complexity index is 413. The van der Waals surface area contributed by atoms with E-state index in [4.69, 9.17) is 0 Å². The molecule has 0 amide bonds. The molecule has 216 valence electrons. The molecule has 0 saturated heterocycles. The second kappa shape index (κ2) is 29.3. The molecule has 0 atom stereocenters. The maximum Gasteiger partial charge on any atom is 0.0782 e. The average Bonchev–Trinajstić information content (AvgIpc) is 2.86. The van der Waals surface area contributed by atoms with Gasteiger partial charge in [0.2, 0.25) is 0 Å². The fraction of sp³-hybridized carbons (Fsp3) is 0.943. The van der Waals surface area contributed by atoms with Gasteiger partial charge in [-0.2, -0.15) is 0 Å². The van der Waals surface area contributed by atoms with Gasteiger partial charge in [0.05, 0.1) is 27.2 Å². The van der Waals surface area contributed by atoms with E-state index in [1.165, 1.54) is 197 Å². The molecule has 0 unspecified atom stereocenters. The van der Waals surface area contributed by atoms with Crippen LogP contribution in [0, 0.1) is 0 Å². The Morgan fingerprint density at radius 2 is 0.639 bits per heavy atom. The summed E-state index contributed by atoms with van der Waals surface area (Å²) in [5.41, 5.74) is 0. The molecule has 1 nitrogen and oxygen atoms in total. The number of quaternary nitrogens is 1. The Balaban J connectivity index is 3.27. The van der Waals surface area contributed by atoms with Crippen molar-refractivity contribution in [3.63, 3.8) is 0 Å². The summed E-state index contributed by atoms with van der Waals surface area (Å²) in [5, 5.41) is 0. The number of rotatable bonds is 31. The zero-order valence-electron chi connectivity index (χ0n) is 25.9. The zero-order valence-corrected chi connectivity index (χ0v) is 25.9. The van der Waals surface area contributed by atoms with Crippen LogP contribution in [0.25, 0.3) is 0 Å². The largest absolute Gasteiger partial charge is 0.328 e. The lowest BCUT2D eigenvalue weighted by Crippen LogP contribution is -2.41. The number of allylic oxidation sites excluding steroid dienone is 1. The molecule has 1 heteroatoms. The van der Waals surface area contributed by atoms with E-state index in [1.807, 2.05) is 0 Å². The van der Waals surface area contributed by atoms with Gasteiger partial charge in [-0.1, -0.05) is 154 Å². The summed E-state index contributed by atoms with van der Waals surface area (Å²) in [4.78, 5) is 0. The van der Waals surface area contributed by atoms with Crippen LogP contribution < -0.4 is 0 Å². The molecule has 0 fully saturated rings. The molecular weight excluding hydrogens is 434 g/mol. The molecule has 0 aliphatic carbocycles. The highest BCUT2D eigenvalue weighted by molar-refractivity contribution is 4.65. The van der Waals surface area contributed by atoms with Gasteiger partial charge in [0, 0.05) is 0 Å². The van der Waals surface area contributed by atoms with E-state index >= 15 is 0 Å². The Morgan fingerprint density at radius 3 is 0.917 bits per heavy atom. The highest BCUT2D eigenvalue weighted by Crippen LogP contribution is 2.15. The van der Waals surface area contributed by atoms with Gasteiger partial charge in [0.15, 0.2) is 0 Å². The minimum Gasteiger partial charge on any atom is -0.328 e.